The summed E-state index contributed by atoms with van der Waals surface area (Å²) >= 11 is 0. The quantitative estimate of drug-likeness (QED) is 0.187. The number of alkyl halides is 43. The van der Waals surface area contributed by atoms with Crippen molar-refractivity contribution in [1.29, 1.82) is 0 Å². The van der Waals surface area contributed by atoms with Crippen molar-refractivity contribution >= 4 is 0 Å². The van der Waals surface area contributed by atoms with Gasteiger partial charge in [0.1, 0.15) is 19.3 Å². The molecule has 0 saturated carbocycles. The predicted octanol–water partition coefficient (Wildman–Crippen LogP) is 27.0. The Morgan fingerprint density at radius 1 is 0.267 bits per heavy atom. The lowest BCUT2D eigenvalue weighted by molar-refractivity contribution is -0.273. The second-order valence-electron chi connectivity index (χ2n) is 19.1. The molecule has 0 aromatic rings. The second-order valence-corrected chi connectivity index (χ2v) is 19.1. The maximum absolute atomic E-state index is 12.4. The van der Waals surface area contributed by atoms with Gasteiger partial charge in [-0.05, 0) is 54.9 Å². The summed E-state index contributed by atoms with van der Waals surface area (Å²) in [7, 11) is 1.71. The Kier molecular flexibility index (Phi) is 57.6. The van der Waals surface area contributed by atoms with Crippen LogP contribution in [0, 0.1) is 0 Å². The third kappa shape index (κ3) is 161. The van der Waals surface area contributed by atoms with E-state index in [-0.39, 0.29) is 46.1 Å². The lowest BCUT2D eigenvalue weighted by Gasteiger charge is -2.22. The molecule has 1 nitrogen and oxygen atoms in total. The van der Waals surface area contributed by atoms with Crippen molar-refractivity contribution in [3.05, 3.63) is 0 Å². The number of methoxy groups -OCH3 is 1. The third-order valence-corrected chi connectivity index (χ3v) is 6.44. The summed E-state index contributed by atoms with van der Waals surface area (Å²) in [5.41, 5.74) is -3.02. The number of hydrogen-bond donors (Lipinski definition) is 0. The first-order chi connectivity index (χ1) is 37.8. The van der Waals surface area contributed by atoms with E-state index in [9.17, 15) is 189 Å². The van der Waals surface area contributed by atoms with Gasteiger partial charge in [-0.3, -0.25) is 0 Å². The minimum absolute atomic E-state index is 0.0417. The molecule has 0 aromatic carbocycles. The molecule has 0 saturated heterocycles. The second kappa shape index (κ2) is 45.3. The molecule has 0 rings (SSSR count). The van der Waals surface area contributed by atoms with Crippen molar-refractivity contribution in [2.45, 2.75) is 290 Å². The molecule has 0 bridgehead atoms. The lowest BCUT2D eigenvalue weighted by Crippen LogP contribution is -2.33. The van der Waals surface area contributed by atoms with Crippen LogP contribution in [0.2, 0.25) is 0 Å². The van der Waals surface area contributed by atoms with E-state index < -0.39 is 154 Å². The molecule has 0 aliphatic carbocycles. The van der Waals surface area contributed by atoms with Crippen LogP contribution < -0.4 is 0 Å². The number of ether oxygens (including phenoxy) is 1. The number of hydrogen-bond acceptors (Lipinski definition) is 1. The zero-order chi connectivity index (χ0) is 77.5. The average Bonchev–Trinajstić information content (AvgIpc) is 3.11. The van der Waals surface area contributed by atoms with Crippen LogP contribution in [0.3, 0.4) is 0 Å². The first-order valence-electron chi connectivity index (χ1n) is 23.9. The molecule has 0 heterocycles. The van der Waals surface area contributed by atoms with E-state index in [2.05, 4.69) is 13.8 Å². The van der Waals surface area contributed by atoms with Gasteiger partial charge >= 0.3 is 61.8 Å². The molecule has 0 radical (unpaired) electrons. The van der Waals surface area contributed by atoms with E-state index in [0.717, 1.165) is 20.8 Å². The van der Waals surface area contributed by atoms with Crippen LogP contribution in [0.25, 0.3) is 0 Å². The SMILES string of the molecule is CC(C)(F)C(F)(F)F.CC(F)(F)C(F)(F)F.CC(F)(F)CC(F)(F)CC(F)(F)F.CC(F)(F)F.CC(F)(F)F.CCC.CCC(C)(F)F.CCC(F)(F)CC(F)(F)CC(F)(F)F.CCC(F)(F)CC(F)(F)F.CCCC(F)(F)F.COC(C)(C)C.FC(F)(F)F. The number of rotatable bonds is 11. The standard InChI is InChI=1S/C7H9F7.C6H7F7.C5H7F5.C5H12O.C4H6F4.C4H7F3.C4H8F2.C3H3F5.C3H8.2C2H3F3.CF4/c1-2-5(8,9)3-6(10,11)4-7(12,13)14;1-4(7,8)2-5(9,10)3-6(11,12)13;1-2-4(6,7)3-5(8,9)10;1-5(2,3)6-4;1-3(2,5)4(6,7)8;1-2-3-4(5,6)7;1-3-4(2,5)6;1-2(4,5)3(6,7)8;1-3-2;2*1-2(3,4)5;2-1(3,4)5/h2-4H2,1H3;2-3H2,1H3;2-3H2,1H3;1-4H3;1-2H3;2-3H2,1H3;3H2,1-2H3;1H3;3H2,1-2H3;2*1H3;. The van der Waals surface area contributed by atoms with Crippen LogP contribution in [0.1, 0.15) is 181 Å². The molecule has 0 atom stereocenters. The first-order valence-corrected chi connectivity index (χ1v) is 23.9. The number of halogens is 43. The summed E-state index contributed by atoms with van der Waals surface area (Å²) in [5.74, 6) is -27.0. The summed E-state index contributed by atoms with van der Waals surface area (Å²) in [6.45, 7) is 17.4. The van der Waals surface area contributed by atoms with Gasteiger partial charge in [0.2, 0.25) is 5.92 Å². The fraction of sp³-hybridized carbons (Fsp3) is 1.00. The summed E-state index contributed by atoms with van der Waals surface area (Å²) in [4.78, 5) is 0. The van der Waals surface area contributed by atoms with Gasteiger partial charge in [0.25, 0.3) is 29.6 Å². The monoisotopic (exact) mass is 1460 g/mol. The molecule has 0 unspecified atom stereocenters. The van der Waals surface area contributed by atoms with E-state index >= 15 is 0 Å². The average molecular weight is 1460 g/mol. The van der Waals surface area contributed by atoms with Crippen LogP contribution in [-0.2, 0) is 4.74 Å². The van der Waals surface area contributed by atoms with Crippen LogP contribution in [-0.4, -0.2) is 116 Å². The molecule has 44 heteroatoms. The zero-order valence-corrected chi connectivity index (χ0v) is 50.4. The zero-order valence-electron chi connectivity index (χ0n) is 50.4. The molecule has 0 amide bonds. The molecule has 0 N–H and O–H groups in total. The van der Waals surface area contributed by atoms with E-state index in [4.69, 9.17) is 4.74 Å². The molecule has 0 aromatic heterocycles. The lowest BCUT2D eigenvalue weighted by atomic mass is 10.1. The van der Waals surface area contributed by atoms with Gasteiger partial charge in [-0.25, -0.2) is 57.1 Å². The van der Waals surface area contributed by atoms with Gasteiger partial charge in [-0.1, -0.05) is 48.0 Å². The topological polar surface area (TPSA) is 9.23 Å². The van der Waals surface area contributed by atoms with Gasteiger partial charge in [0.05, 0.1) is 18.4 Å². The highest BCUT2D eigenvalue weighted by Gasteiger charge is 2.53. The van der Waals surface area contributed by atoms with Gasteiger partial charge in [-0.15, -0.1) is 17.6 Å². The summed E-state index contributed by atoms with van der Waals surface area (Å²) in [5, 5.41) is 0. The van der Waals surface area contributed by atoms with E-state index in [1.165, 1.54) is 20.3 Å². The fourth-order valence-electron chi connectivity index (χ4n) is 2.37. The van der Waals surface area contributed by atoms with E-state index in [1.807, 2.05) is 20.8 Å². The minimum Gasteiger partial charge on any atom is -0.379 e. The Bertz CT molecular complexity index is 1480. The summed E-state index contributed by atoms with van der Waals surface area (Å²) in [6.07, 6.45) is -54.7. The predicted molar refractivity (Wildman–Crippen MR) is 245 cm³/mol. The highest BCUT2D eigenvalue weighted by Crippen LogP contribution is 2.41. The minimum atomic E-state index is -5.50. The van der Waals surface area contributed by atoms with Gasteiger partial charge in [0, 0.05) is 53.6 Å². The highest BCUT2D eigenvalue weighted by atomic mass is 19.5. The molecule has 0 aliphatic heterocycles. The first kappa shape index (κ1) is 114. The molecule has 0 fully saturated rings. The van der Waals surface area contributed by atoms with Crippen molar-refractivity contribution < 1.29 is 194 Å². The Balaban J connectivity index is -0.0000000753. The molecule has 0 spiro atoms. The molecule has 90 heavy (non-hydrogen) atoms. The van der Waals surface area contributed by atoms with Crippen molar-refractivity contribution in [1.82, 2.24) is 0 Å². The van der Waals surface area contributed by atoms with Crippen molar-refractivity contribution in [2.24, 2.45) is 0 Å². The fourth-order valence-corrected chi connectivity index (χ4v) is 2.37. The Labute approximate surface area is 490 Å². The molecular weight excluding hydrogens is 1390 g/mol. The van der Waals surface area contributed by atoms with Crippen molar-refractivity contribution in [3.63, 3.8) is 0 Å². The third-order valence-electron chi connectivity index (χ3n) is 6.44. The van der Waals surface area contributed by atoms with Crippen LogP contribution in [0.4, 0.5) is 189 Å². The smallest absolute Gasteiger partial charge is 0.379 e. The van der Waals surface area contributed by atoms with Gasteiger partial charge < -0.3 is 4.74 Å². The molecule has 564 valence electrons. The molecular formula is C46H73F43O. The van der Waals surface area contributed by atoms with Crippen LogP contribution >= 0.6 is 0 Å². The Morgan fingerprint density at radius 3 is 0.511 bits per heavy atom. The maximum Gasteiger partial charge on any atom is 0.559 e. The van der Waals surface area contributed by atoms with Crippen molar-refractivity contribution in [2.75, 3.05) is 7.11 Å². The Hall–Kier alpha value is -3.05. The van der Waals surface area contributed by atoms with Crippen LogP contribution in [0.15, 0.2) is 0 Å². The van der Waals surface area contributed by atoms with Gasteiger partial charge in [0.15, 0.2) is 5.67 Å². The largest absolute Gasteiger partial charge is 0.559 e. The molecule has 0 aliphatic rings. The van der Waals surface area contributed by atoms with Crippen molar-refractivity contribution in [3.8, 4) is 0 Å². The summed E-state index contributed by atoms with van der Waals surface area (Å²) in [6, 6.07) is 0. The Morgan fingerprint density at radius 2 is 0.433 bits per heavy atom. The summed E-state index contributed by atoms with van der Waals surface area (Å²) < 4.78 is 486. The normalized spacial score (nSPS) is 13.2. The van der Waals surface area contributed by atoms with Crippen LogP contribution in [0.5, 0.6) is 0 Å². The van der Waals surface area contributed by atoms with Gasteiger partial charge in [-0.2, -0.15) is 114 Å². The van der Waals surface area contributed by atoms with E-state index in [0.29, 0.717) is 13.8 Å². The van der Waals surface area contributed by atoms with E-state index in [1.54, 1.807) is 7.11 Å². The maximum atomic E-state index is 12.4. The highest BCUT2D eigenvalue weighted by molar-refractivity contribution is 4.79.